The largest absolute Gasteiger partial charge is 0.348 e. The van der Waals surface area contributed by atoms with Gasteiger partial charge in [0.15, 0.2) is 5.79 Å². The van der Waals surface area contributed by atoms with E-state index >= 15 is 0 Å². The number of ether oxygens (including phenoxy) is 2. The van der Waals surface area contributed by atoms with Gasteiger partial charge < -0.3 is 14.0 Å². The normalized spacial score (nSPS) is 33.3. The van der Waals surface area contributed by atoms with Crippen molar-refractivity contribution >= 4 is 7.67 Å². The fraction of sp³-hybridized carbons (Fsp3) is 1.00. The summed E-state index contributed by atoms with van der Waals surface area (Å²) >= 11 is 0. The molecular weight excluding hydrogens is 327 g/mol. The number of hydrogen-bond acceptors (Lipinski definition) is 4. The van der Waals surface area contributed by atoms with Crippen LogP contribution in [0.25, 0.3) is 0 Å². The van der Waals surface area contributed by atoms with Crippen LogP contribution in [-0.4, -0.2) is 63.1 Å². The van der Waals surface area contributed by atoms with Crippen LogP contribution >= 0.6 is 7.67 Å². The molecule has 2 aliphatic carbocycles. The lowest BCUT2D eigenvalue weighted by molar-refractivity contribution is -0.216. The van der Waals surface area contributed by atoms with Gasteiger partial charge in [-0.05, 0) is 58.8 Å². The molecule has 1 aliphatic heterocycles. The highest BCUT2D eigenvalue weighted by Crippen LogP contribution is 2.58. The van der Waals surface area contributed by atoms with Gasteiger partial charge in [-0.15, -0.1) is 0 Å². The Labute approximate surface area is 146 Å². The Hall–Kier alpha value is 0.0300. The van der Waals surface area contributed by atoms with Crippen LogP contribution in [0.2, 0.25) is 0 Å². The predicted octanol–water partition coefficient (Wildman–Crippen LogP) is 3.34. The van der Waals surface area contributed by atoms with Gasteiger partial charge >= 0.3 is 7.67 Å². The molecule has 3 aliphatic rings. The first-order valence-corrected chi connectivity index (χ1v) is 10.7. The first kappa shape index (κ1) is 18.8. The van der Waals surface area contributed by atoms with Gasteiger partial charge in [-0.3, -0.25) is 4.57 Å². The van der Waals surface area contributed by atoms with Crippen molar-refractivity contribution in [2.45, 2.75) is 50.7 Å². The van der Waals surface area contributed by atoms with Crippen LogP contribution < -0.4 is 0 Å². The molecule has 1 spiro atoms. The Morgan fingerprint density at radius 3 is 2.33 bits per heavy atom. The summed E-state index contributed by atoms with van der Waals surface area (Å²) in [5, 5.41) is 0. The van der Waals surface area contributed by atoms with Crippen molar-refractivity contribution in [1.82, 2.24) is 9.34 Å². The minimum atomic E-state index is -2.93. The SMILES string of the molecule is CN(C)P(=O)(OC[C@@]12CCCC[C@H]1CC1(CC2)OCCO1)N(C)C. The molecule has 2 atom stereocenters. The van der Waals surface area contributed by atoms with E-state index in [1.165, 1.54) is 19.3 Å². The van der Waals surface area contributed by atoms with Gasteiger partial charge in [0.25, 0.3) is 0 Å². The van der Waals surface area contributed by atoms with Gasteiger partial charge in [0.2, 0.25) is 0 Å². The lowest BCUT2D eigenvalue weighted by atomic mass is 9.58. The van der Waals surface area contributed by atoms with E-state index in [4.69, 9.17) is 14.0 Å². The van der Waals surface area contributed by atoms with Crippen molar-refractivity contribution in [2.24, 2.45) is 11.3 Å². The molecule has 3 rings (SSSR count). The molecule has 0 aromatic rings. The zero-order valence-electron chi connectivity index (χ0n) is 15.6. The van der Waals surface area contributed by atoms with Gasteiger partial charge in [0.05, 0.1) is 19.8 Å². The summed E-state index contributed by atoms with van der Waals surface area (Å²) in [4.78, 5) is 0. The van der Waals surface area contributed by atoms with E-state index in [-0.39, 0.29) is 11.2 Å². The van der Waals surface area contributed by atoms with Crippen LogP contribution in [0.15, 0.2) is 0 Å². The number of hydrogen-bond donors (Lipinski definition) is 0. The Balaban J connectivity index is 1.73. The van der Waals surface area contributed by atoms with Crippen molar-refractivity contribution < 1.29 is 18.6 Å². The topological polar surface area (TPSA) is 51.2 Å². The monoisotopic (exact) mass is 360 g/mol. The summed E-state index contributed by atoms with van der Waals surface area (Å²) in [6, 6.07) is 0. The van der Waals surface area contributed by atoms with Gasteiger partial charge in [-0.1, -0.05) is 12.8 Å². The zero-order chi connectivity index (χ0) is 17.4. The second kappa shape index (κ2) is 6.98. The van der Waals surface area contributed by atoms with Gasteiger partial charge in [-0.2, -0.15) is 0 Å². The molecule has 0 aromatic carbocycles. The predicted molar refractivity (Wildman–Crippen MR) is 93.8 cm³/mol. The van der Waals surface area contributed by atoms with Gasteiger partial charge in [0.1, 0.15) is 0 Å². The van der Waals surface area contributed by atoms with Crippen LogP contribution in [0.3, 0.4) is 0 Å². The highest BCUT2D eigenvalue weighted by Gasteiger charge is 2.53. The summed E-state index contributed by atoms with van der Waals surface area (Å²) in [7, 11) is 4.38. The van der Waals surface area contributed by atoms with Crippen molar-refractivity contribution in [1.29, 1.82) is 0 Å². The molecule has 2 saturated carbocycles. The van der Waals surface area contributed by atoms with E-state index < -0.39 is 7.67 Å². The third kappa shape index (κ3) is 3.34. The van der Waals surface area contributed by atoms with E-state index in [0.29, 0.717) is 25.7 Å². The van der Waals surface area contributed by atoms with Crippen LogP contribution in [0, 0.1) is 11.3 Å². The molecule has 7 heteroatoms. The van der Waals surface area contributed by atoms with E-state index in [1.807, 2.05) is 28.2 Å². The smallest absolute Gasteiger partial charge is 0.345 e. The summed E-state index contributed by atoms with van der Waals surface area (Å²) in [6.07, 6.45) is 7.80. The maximum absolute atomic E-state index is 13.2. The van der Waals surface area contributed by atoms with E-state index in [9.17, 15) is 4.57 Å². The Morgan fingerprint density at radius 1 is 1.04 bits per heavy atom. The highest BCUT2D eigenvalue weighted by atomic mass is 31.2. The molecular formula is C17H33N2O4P. The molecule has 0 unspecified atom stereocenters. The second-order valence-corrected chi connectivity index (χ2v) is 10.9. The molecule has 1 saturated heterocycles. The zero-order valence-corrected chi connectivity index (χ0v) is 16.5. The number of rotatable bonds is 5. The van der Waals surface area contributed by atoms with Gasteiger partial charge in [0, 0.05) is 12.8 Å². The van der Waals surface area contributed by atoms with E-state index in [1.54, 1.807) is 9.34 Å². The first-order chi connectivity index (χ1) is 11.3. The summed E-state index contributed by atoms with van der Waals surface area (Å²) < 4.78 is 34.6. The molecule has 0 N–H and O–H groups in total. The maximum atomic E-state index is 13.2. The minimum absolute atomic E-state index is 0.125. The van der Waals surface area contributed by atoms with Crippen LogP contribution in [0.5, 0.6) is 0 Å². The fourth-order valence-corrected chi connectivity index (χ4v) is 6.37. The second-order valence-electron chi connectivity index (χ2n) is 8.08. The lowest BCUT2D eigenvalue weighted by Crippen LogP contribution is -2.49. The van der Waals surface area contributed by atoms with Crippen molar-refractivity contribution in [3.8, 4) is 0 Å². The molecule has 6 nitrogen and oxygen atoms in total. The molecule has 1 heterocycles. The van der Waals surface area contributed by atoms with Crippen molar-refractivity contribution in [3.05, 3.63) is 0 Å². The van der Waals surface area contributed by atoms with Crippen LogP contribution in [-0.2, 0) is 18.6 Å². The summed E-state index contributed by atoms with van der Waals surface area (Å²) in [6.45, 7) is 2.00. The Kier molecular flexibility index (Phi) is 5.47. The van der Waals surface area contributed by atoms with Gasteiger partial charge in [-0.25, -0.2) is 9.34 Å². The molecule has 140 valence electrons. The van der Waals surface area contributed by atoms with E-state index in [2.05, 4.69) is 0 Å². The molecule has 24 heavy (non-hydrogen) atoms. The third-order valence-corrected chi connectivity index (χ3v) is 8.74. The average molecular weight is 360 g/mol. The molecule has 0 radical (unpaired) electrons. The quantitative estimate of drug-likeness (QED) is 0.701. The van der Waals surface area contributed by atoms with Crippen LogP contribution in [0.1, 0.15) is 44.9 Å². The average Bonchev–Trinajstić information content (AvgIpc) is 3.00. The standard InChI is InChI=1S/C17H33N2O4P/c1-18(2)24(20,19(3)4)23-14-16-8-6-5-7-15(16)13-17(10-9-16)21-11-12-22-17/h15H,5-14H2,1-4H3/t15-,16-/m0/s1. The lowest BCUT2D eigenvalue weighted by Gasteiger charge is -2.52. The maximum Gasteiger partial charge on any atom is 0.345 e. The highest BCUT2D eigenvalue weighted by molar-refractivity contribution is 7.53. The van der Waals surface area contributed by atoms with Crippen molar-refractivity contribution in [2.75, 3.05) is 48.0 Å². The third-order valence-electron chi connectivity index (χ3n) is 6.25. The number of nitrogens with zero attached hydrogens (tertiary/aromatic N) is 2. The Bertz CT molecular complexity index is 481. The number of fused-ring (bicyclic) bond motifs is 1. The first-order valence-electron chi connectivity index (χ1n) is 9.20. The minimum Gasteiger partial charge on any atom is -0.348 e. The van der Waals surface area contributed by atoms with Crippen molar-refractivity contribution in [3.63, 3.8) is 0 Å². The van der Waals surface area contributed by atoms with E-state index in [0.717, 1.165) is 25.7 Å². The Morgan fingerprint density at radius 2 is 1.71 bits per heavy atom. The van der Waals surface area contributed by atoms with Crippen LogP contribution in [0.4, 0.5) is 0 Å². The molecule has 0 amide bonds. The molecule has 3 fully saturated rings. The molecule has 0 bridgehead atoms. The fourth-order valence-electron chi connectivity index (χ4n) is 4.77. The summed E-state index contributed by atoms with van der Waals surface area (Å²) in [5.41, 5.74) is 0.125. The summed E-state index contributed by atoms with van der Waals surface area (Å²) in [5.74, 6) is 0.189. The molecule has 0 aromatic heterocycles.